The minimum absolute atomic E-state index is 0.223. The molecule has 2 aromatic rings. The molecule has 1 N–H and O–H groups in total. The minimum atomic E-state index is -0.796. The number of pyridine rings is 1. The second kappa shape index (κ2) is 4.46. The Morgan fingerprint density at radius 3 is 2.82 bits per heavy atom. The first-order chi connectivity index (χ1) is 8.07. The van der Waals surface area contributed by atoms with Crippen molar-refractivity contribution in [2.75, 3.05) is 0 Å². The Morgan fingerprint density at radius 1 is 1.35 bits per heavy atom. The van der Waals surface area contributed by atoms with E-state index in [2.05, 4.69) is 18.8 Å². The molecule has 0 amide bonds. The lowest BCUT2D eigenvalue weighted by atomic mass is 9.80. The van der Waals surface area contributed by atoms with Gasteiger partial charge in [0.2, 0.25) is 0 Å². The maximum atomic E-state index is 10.7. The van der Waals surface area contributed by atoms with E-state index in [1.807, 2.05) is 37.4 Å². The van der Waals surface area contributed by atoms with Crippen molar-refractivity contribution in [3.05, 3.63) is 42.2 Å². The summed E-state index contributed by atoms with van der Waals surface area (Å²) in [6.07, 6.45) is 4.57. The average molecular weight is 229 g/mol. The Kier molecular flexibility index (Phi) is 3.16. The summed E-state index contributed by atoms with van der Waals surface area (Å²) in [6.45, 7) is 6.09. The monoisotopic (exact) mass is 229 g/mol. The highest BCUT2D eigenvalue weighted by molar-refractivity contribution is 5.85. The molecule has 0 spiro atoms. The van der Waals surface area contributed by atoms with Crippen LogP contribution in [0.15, 0.2) is 36.7 Å². The van der Waals surface area contributed by atoms with Crippen molar-refractivity contribution >= 4 is 10.8 Å². The molecule has 0 aliphatic heterocycles. The molecule has 0 saturated carbocycles. The third-order valence-corrected chi connectivity index (χ3v) is 3.80. The quantitative estimate of drug-likeness (QED) is 0.874. The van der Waals surface area contributed by atoms with E-state index in [4.69, 9.17) is 0 Å². The van der Waals surface area contributed by atoms with Gasteiger partial charge in [-0.25, -0.2) is 0 Å². The molecular formula is C15H19NO. The fraction of sp³-hybridized carbons (Fsp3) is 0.400. The molecule has 2 rings (SSSR count). The lowest BCUT2D eigenvalue weighted by Crippen LogP contribution is -2.29. The fourth-order valence-electron chi connectivity index (χ4n) is 2.23. The van der Waals surface area contributed by atoms with E-state index in [0.717, 1.165) is 22.8 Å². The third-order valence-electron chi connectivity index (χ3n) is 3.80. The normalized spacial score (nSPS) is 16.7. The van der Waals surface area contributed by atoms with Crippen molar-refractivity contribution in [2.45, 2.75) is 32.8 Å². The van der Waals surface area contributed by atoms with Crippen LogP contribution < -0.4 is 0 Å². The second-order valence-corrected chi connectivity index (χ2v) is 4.86. The van der Waals surface area contributed by atoms with E-state index < -0.39 is 5.60 Å². The van der Waals surface area contributed by atoms with E-state index in [0.29, 0.717) is 0 Å². The Hall–Kier alpha value is -1.41. The molecule has 0 radical (unpaired) electrons. The van der Waals surface area contributed by atoms with Crippen molar-refractivity contribution in [2.24, 2.45) is 5.92 Å². The van der Waals surface area contributed by atoms with Gasteiger partial charge in [-0.2, -0.15) is 0 Å². The van der Waals surface area contributed by atoms with Crippen molar-refractivity contribution < 1.29 is 5.11 Å². The summed E-state index contributed by atoms with van der Waals surface area (Å²) in [5.74, 6) is 0.223. The molecule has 2 heteroatoms. The molecule has 17 heavy (non-hydrogen) atoms. The van der Waals surface area contributed by atoms with Gasteiger partial charge in [0, 0.05) is 17.8 Å². The molecule has 1 aromatic heterocycles. The lowest BCUT2D eigenvalue weighted by molar-refractivity contribution is 0.00142. The Labute approximate surface area is 102 Å². The molecule has 0 aliphatic carbocycles. The summed E-state index contributed by atoms with van der Waals surface area (Å²) >= 11 is 0. The zero-order valence-electron chi connectivity index (χ0n) is 10.6. The van der Waals surface area contributed by atoms with Crippen LogP contribution in [0.3, 0.4) is 0 Å². The summed E-state index contributed by atoms with van der Waals surface area (Å²) in [5.41, 5.74) is 0.196. The molecule has 2 unspecified atom stereocenters. The molecule has 90 valence electrons. The smallest absolute Gasteiger partial charge is 0.0899 e. The first kappa shape index (κ1) is 12.1. The lowest BCUT2D eigenvalue weighted by Gasteiger charge is -2.31. The largest absolute Gasteiger partial charge is 0.385 e. The number of hydrogen-bond donors (Lipinski definition) is 1. The number of aromatic nitrogens is 1. The van der Waals surface area contributed by atoms with Gasteiger partial charge < -0.3 is 5.11 Å². The first-order valence-corrected chi connectivity index (χ1v) is 6.13. The van der Waals surface area contributed by atoms with Crippen LogP contribution in [0.25, 0.3) is 10.8 Å². The minimum Gasteiger partial charge on any atom is -0.385 e. The van der Waals surface area contributed by atoms with Crippen molar-refractivity contribution in [1.82, 2.24) is 4.98 Å². The van der Waals surface area contributed by atoms with Crippen LogP contribution in [0.1, 0.15) is 32.8 Å². The van der Waals surface area contributed by atoms with Gasteiger partial charge in [0.15, 0.2) is 0 Å². The Balaban J connectivity index is 2.63. The first-order valence-electron chi connectivity index (χ1n) is 6.13. The molecule has 1 aromatic carbocycles. The van der Waals surface area contributed by atoms with Crippen LogP contribution in [0, 0.1) is 5.92 Å². The van der Waals surface area contributed by atoms with Crippen molar-refractivity contribution in [1.29, 1.82) is 0 Å². The zero-order valence-corrected chi connectivity index (χ0v) is 10.6. The van der Waals surface area contributed by atoms with Crippen LogP contribution in [-0.4, -0.2) is 10.1 Å². The molecular weight excluding hydrogens is 210 g/mol. The number of benzene rings is 1. The van der Waals surface area contributed by atoms with Gasteiger partial charge in [0.1, 0.15) is 0 Å². The number of hydrogen-bond acceptors (Lipinski definition) is 2. The summed E-state index contributed by atoms with van der Waals surface area (Å²) in [4.78, 5) is 4.12. The van der Waals surface area contributed by atoms with Gasteiger partial charge in [-0.05, 0) is 29.9 Å². The van der Waals surface area contributed by atoms with Crippen molar-refractivity contribution in [3.63, 3.8) is 0 Å². The topological polar surface area (TPSA) is 33.1 Å². The van der Waals surface area contributed by atoms with E-state index in [-0.39, 0.29) is 5.92 Å². The number of rotatable bonds is 3. The fourth-order valence-corrected chi connectivity index (χ4v) is 2.23. The Bertz CT molecular complexity index is 514. The molecule has 0 aliphatic rings. The average Bonchev–Trinajstić information content (AvgIpc) is 2.37. The van der Waals surface area contributed by atoms with E-state index in [9.17, 15) is 5.11 Å². The second-order valence-electron chi connectivity index (χ2n) is 4.86. The van der Waals surface area contributed by atoms with Gasteiger partial charge in [0.05, 0.1) is 5.60 Å². The molecule has 1 heterocycles. The molecule has 2 atom stereocenters. The van der Waals surface area contributed by atoms with E-state index >= 15 is 0 Å². The van der Waals surface area contributed by atoms with Crippen molar-refractivity contribution in [3.8, 4) is 0 Å². The Morgan fingerprint density at radius 2 is 2.12 bits per heavy atom. The predicted molar refractivity (Wildman–Crippen MR) is 70.8 cm³/mol. The van der Waals surface area contributed by atoms with E-state index in [1.54, 1.807) is 6.20 Å². The van der Waals surface area contributed by atoms with Crippen LogP contribution in [-0.2, 0) is 5.60 Å². The van der Waals surface area contributed by atoms with Gasteiger partial charge in [-0.15, -0.1) is 0 Å². The summed E-state index contributed by atoms with van der Waals surface area (Å²) in [5, 5.41) is 12.9. The standard InChI is InChI=1S/C15H19NO/c1-4-11(2)15(3,17)14-7-5-6-12-10-16-9-8-13(12)14/h5-11,17H,4H2,1-3H3. The highest BCUT2D eigenvalue weighted by Crippen LogP contribution is 2.35. The maximum absolute atomic E-state index is 10.7. The molecule has 2 nitrogen and oxygen atoms in total. The predicted octanol–water partition coefficient (Wildman–Crippen LogP) is 3.49. The van der Waals surface area contributed by atoms with Crippen LogP contribution >= 0.6 is 0 Å². The molecule has 0 saturated heterocycles. The highest BCUT2D eigenvalue weighted by Gasteiger charge is 2.30. The molecule has 0 bridgehead atoms. The zero-order chi connectivity index (χ0) is 12.5. The number of nitrogens with zero attached hydrogens (tertiary/aromatic N) is 1. The van der Waals surface area contributed by atoms with Gasteiger partial charge >= 0.3 is 0 Å². The summed E-state index contributed by atoms with van der Waals surface area (Å²) in [7, 11) is 0. The third kappa shape index (κ3) is 2.05. The van der Waals surface area contributed by atoms with Crippen LogP contribution in [0.4, 0.5) is 0 Å². The number of aliphatic hydroxyl groups is 1. The van der Waals surface area contributed by atoms with Gasteiger partial charge in [-0.1, -0.05) is 38.5 Å². The highest BCUT2D eigenvalue weighted by atomic mass is 16.3. The maximum Gasteiger partial charge on any atom is 0.0899 e. The van der Waals surface area contributed by atoms with Crippen LogP contribution in [0.5, 0.6) is 0 Å². The summed E-state index contributed by atoms with van der Waals surface area (Å²) < 4.78 is 0. The van der Waals surface area contributed by atoms with Gasteiger partial charge in [-0.3, -0.25) is 4.98 Å². The van der Waals surface area contributed by atoms with E-state index in [1.165, 1.54) is 0 Å². The number of fused-ring (bicyclic) bond motifs is 1. The molecule has 0 fully saturated rings. The summed E-state index contributed by atoms with van der Waals surface area (Å²) in [6, 6.07) is 7.99. The van der Waals surface area contributed by atoms with Gasteiger partial charge in [0.25, 0.3) is 0 Å². The SMILES string of the molecule is CCC(C)C(C)(O)c1cccc2cnccc12. The van der Waals surface area contributed by atoms with Crippen LogP contribution in [0.2, 0.25) is 0 Å².